The maximum Gasteiger partial charge on any atom is 0.0727 e. The Morgan fingerprint density at radius 3 is 2.74 bits per heavy atom. The molecule has 19 heavy (non-hydrogen) atoms. The quantitative estimate of drug-likeness (QED) is 0.896. The molecule has 0 fully saturated rings. The smallest absolute Gasteiger partial charge is 0.0727 e. The van der Waals surface area contributed by atoms with Gasteiger partial charge in [-0.05, 0) is 25.5 Å². The summed E-state index contributed by atoms with van der Waals surface area (Å²) in [6, 6.07) is 6.82. The molecule has 2 aromatic rings. The molecule has 0 saturated carbocycles. The number of aryl methyl sites for hydroxylation is 1. The summed E-state index contributed by atoms with van der Waals surface area (Å²) in [5.41, 5.74) is 12.5. The summed E-state index contributed by atoms with van der Waals surface area (Å²) in [6.07, 6.45) is 2.01. The molecule has 1 aliphatic carbocycles. The van der Waals surface area contributed by atoms with Crippen LogP contribution in [0.5, 0.6) is 0 Å². The molecule has 0 aliphatic heterocycles. The Bertz CT molecular complexity index is 635. The molecule has 3 heteroatoms. The van der Waals surface area contributed by atoms with E-state index in [1.165, 1.54) is 27.9 Å². The molecule has 3 rings (SSSR count). The molecule has 1 unspecified atom stereocenters. The number of fused-ring (bicyclic) bond motifs is 3. The van der Waals surface area contributed by atoms with E-state index in [4.69, 9.17) is 5.73 Å². The molecule has 2 N–H and O–H groups in total. The van der Waals surface area contributed by atoms with Crippen molar-refractivity contribution in [2.45, 2.75) is 45.7 Å². The van der Waals surface area contributed by atoms with E-state index in [1.807, 2.05) is 13.1 Å². The zero-order valence-electron chi connectivity index (χ0n) is 12.1. The van der Waals surface area contributed by atoms with Gasteiger partial charge >= 0.3 is 0 Å². The van der Waals surface area contributed by atoms with E-state index in [0.29, 0.717) is 0 Å². The van der Waals surface area contributed by atoms with E-state index < -0.39 is 0 Å². The van der Waals surface area contributed by atoms with Crippen LogP contribution in [0.4, 0.5) is 0 Å². The first-order chi connectivity index (χ1) is 8.91. The SMILES string of the molecule is Cc1ccc2c(c1)-c1c(cnn1CC(C)N)C2(C)C. The second kappa shape index (κ2) is 3.94. The number of rotatable bonds is 2. The molecular formula is C16H21N3. The van der Waals surface area contributed by atoms with E-state index >= 15 is 0 Å². The largest absolute Gasteiger partial charge is 0.326 e. The molecule has 0 saturated heterocycles. The molecule has 0 spiro atoms. The van der Waals surface area contributed by atoms with Crippen LogP contribution in [0, 0.1) is 6.92 Å². The fourth-order valence-corrected chi connectivity index (χ4v) is 3.08. The van der Waals surface area contributed by atoms with Gasteiger partial charge in [-0.1, -0.05) is 31.5 Å². The molecular weight excluding hydrogens is 234 g/mol. The van der Waals surface area contributed by atoms with Gasteiger partial charge in [0.25, 0.3) is 0 Å². The van der Waals surface area contributed by atoms with Gasteiger partial charge < -0.3 is 5.73 Å². The monoisotopic (exact) mass is 255 g/mol. The maximum atomic E-state index is 5.93. The summed E-state index contributed by atoms with van der Waals surface area (Å²) < 4.78 is 2.06. The lowest BCUT2D eigenvalue weighted by molar-refractivity contribution is 0.543. The van der Waals surface area contributed by atoms with Crippen LogP contribution in [0.1, 0.15) is 37.5 Å². The zero-order chi connectivity index (χ0) is 13.8. The zero-order valence-corrected chi connectivity index (χ0v) is 12.1. The molecule has 0 amide bonds. The predicted molar refractivity (Wildman–Crippen MR) is 78.2 cm³/mol. The summed E-state index contributed by atoms with van der Waals surface area (Å²) in [5.74, 6) is 0. The molecule has 0 radical (unpaired) electrons. The minimum Gasteiger partial charge on any atom is -0.326 e. The van der Waals surface area contributed by atoms with E-state index in [1.54, 1.807) is 0 Å². The van der Waals surface area contributed by atoms with Crippen molar-refractivity contribution >= 4 is 0 Å². The van der Waals surface area contributed by atoms with Gasteiger partial charge in [-0.25, -0.2) is 0 Å². The number of hydrogen-bond donors (Lipinski definition) is 1. The highest BCUT2D eigenvalue weighted by Crippen LogP contribution is 2.48. The molecule has 0 bridgehead atoms. The first kappa shape index (κ1) is 12.4. The summed E-state index contributed by atoms with van der Waals surface area (Å²) in [5, 5.41) is 4.54. The summed E-state index contributed by atoms with van der Waals surface area (Å²) >= 11 is 0. The van der Waals surface area contributed by atoms with Crippen molar-refractivity contribution in [1.29, 1.82) is 0 Å². The van der Waals surface area contributed by atoms with Gasteiger partial charge in [0.1, 0.15) is 0 Å². The predicted octanol–water partition coefficient (Wildman–Crippen LogP) is 2.85. The molecule has 1 aromatic carbocycles. The second-order valence-electron chi connectivity index (χ2n) is 6.24. The first-order valence-corrected chi connectivity index (χ1v) is 6.84. The van der Waals surface area contributed by atoms with Crippen molar-refractivity contribution in [3.8, 4) is 11.3 Å². The molecule has 1 aromatic heterocycles. The maximum absolute atomic E-state index is 5.93. The fraction of sp³-hybridized carbons (Fsp3) is 0.438. The van der Waals surface area contributed by atoms with Crippen LogP contribution in [0.2, 0.25) is 0 Å². The van der Waals surface area contributed by atoms with E-state index in [9.17, 15) is 0 Å². The minimum atomic E-state index is 0.0362. The Morgan fingerprint density at radius 2 is 2.05 bits per heavy atom. The molecule has 3 nitrogen and oxygen atoms in total. The minimum absolute atomic E-state index is 0.0362. The van der Waals surface area contributed by atoms with Crippen molar-refractivity contribution in [1.82, 2.24) is 9.78 Å². The highest BCUT2D eigenvalue weighted by Gasteiger charge is 2.38. The molecule has 1 atom stereocenters. The molecule has 100 valence electrons. The standard InChI is InChI=1S/C16H21N3/c1-10-5-6-13-12(7-10)15-14(16(13,3)4)8-18-19(15)9-11(2)17/h5-8,11H,9,17H2,1-4H3. The average molecular weight is 255 g/mol. The third kappa shape index (κ3) is 1.72. The molecule has 1 aliphatic rings. The average Bonchev–Trinajstić information content (AvgIpc) is 2.79. The van der Waals surface area contributed by atoms with Crippen LogP contribution in [-0.4, -0.2) is 15.8 Å². The van der Waals surface area contributed by atoms with Crippen LogP contribution in [0.15, 0.2) is 24.4 Å². The summed E-state index contributed by atoms with van der Waals surface area (Å²) in [4.78, 5) is 0. The van der Waals surface area contributed by atoms with Gasteiger partial charge in [0.05, 0.1) is 18.4 Å². The Kier molecular flexibility index (Phi) is 2.58. The number of hydrogen-bond acceptors (Lipinski definition) is 2. The van der Waals surface area contributed by atoms with Crippen molar-refractivity contribution in [2.24, 2.45) is 5.73 Å². The Hall–Kier alpha value is -1.61. The Labute approximate surface area is 114 Å². The third-order valence-electron chi connectivity index (χ3n) is 4.08. The number of aromatic nitrogens is 2. The number of nitrogens with two attached hydrogens (primary N) is 1. The van der Waals surface area contributed by atoms with Crippen molar-refractivity contribution in [3.05, 3.63) is 41.1 Å². The lowest BCUT2D eigenvalue weighted by atomic mass is 9.83. The van der Waals surface area contributed by atoms with E-state index in [-0.39, 0.29) is 11.5 Å². The summed E-state index contributed by atoms with van der Waals surface area (Å²) in [7, 11) is 0. The Morgan fingerprint density at radius 1 is 1.32 bits per heavy atom. The lowest BCUT2D eigenvalue weighted by Crippen LogP contribution is -2.23. The number of benzene rings is 1. The normalized spacial score (nSPS) is 17.1. The van der Waals surface area contributed by atoms with E-state index in [0.717, 1.165) is 6.54 Å². The highest BCUT2D eigenvalue weighted by atomic mass is 15.3. The third-order valence-corrected chi connectivity index (χ3v) is 4.08. The number of nitrogens with zero attached hydrogens (tertiary/aromatic N) is 2. The van der Waals surface area contributed by atoms with Crippen LogP contribution >= 0.6 is 0 Å². The van der Waals surface area contributed by atoms with Crippen LogP contribution in [0.3, 0.4) is 0 Å². The van der Waals surface area contributed by atoms with Gasteiger partial charge in [0, 0.05) is 22.6 Å². The fourth-order valence-electron chi connectivity index (χ4n) is 3.08. The van der Waals surface area contributed by atoms with Gasteiger partial charge in [0.2, 0.25) is 0 Å². The van der Waals surface area contributed by atoms with Crippen molar-refractivity contribution in [2.75, 3.05) is 0 Å². The van der Waals surface area contributed by atoms with Gasteiger partial charge in [-0.2, -0.15) is 5.10 Å². The van der Waals surface area contributed by atoms with Crippen molar-refractivity contribution in [3.63, 3.8) is 0 Å². The first-order valence-electron chi connectivity index (χ1n) is 6.84. The van der Waals surface area contributed by atoms with Crippen LogP contribution in [0.25, 0.3) is 11.3 Å². The lowest BCUT2D eigenvalue weighted by Gasteiger charge is -2.19. The second-order valence-corrected chi connectivity index (χ2v) is 6.24. The Balaban J connectivity index is 2.24. The van der Waals surface area contributed by atoms with E-state index in [2.05, 4.69) is 48.8 Å². The van der Waals surface area contributed by atoms with Gasteiger partial charge in [0.15, 0.2) is 0 Å². The van der Waals surface area contributed by atoms with Gasteiger partial charge in [-0.15, -0.1) is 0 Å². The van der Waals surface area contributed by atoms with Crippen LogP contribution in [-0.2, 0) is 12.0 Å². The topological polar surface area (TPSA) is 43.8 Å². The highest BCUT2D eigenvalue weighted by molar-refractivity contribution is 5.78. The van der Waals surface area contributed by atoms with Gasteiger partial charge in [-0.3, -0.25) is 4.68 Å². The van der Waals surface area contributed by atoms with Crippen LogP contribution < -0.4 is 5.73 Å². The van der Waals surface area contributed by atoms with Crippen molar-refractivity contribution < 1.29 is 0 Å². The summed E-state index contributed by atoms with van der Waals surface area (Å²) in [6.45, 7) is 9.46. The molecule has 1 heterocycles.